The van der Waals surface area contributed by atoms with Crippen molar-refractivity contribution in [2.24, 2.45) is 11.8 Å². The number of carbonyl (C=O) groups is 3. The molecule has 8 nitrogen and oxygen atoms in total. The van der Waals surface area contributed by atoms with E-state index in [4.69, 9.17) is 0 Å². The molecule has 0 saturated carbocycles. The Hall–Kier alpha value is -3.60. The number of hydrogen-bond donors (Lipinski definition) is 5. The lowest BCUT2D eigenvalue weighted by atomic mass is 9.81. The van der Waals surface area contributed by atoms with Crippen molar-refractivity contribution in [3.63, 3.8) is 0 Å². The molecule has 0 radical (unpaired) electrons. The highest BCUT2D eigenvalue weighted by Crippen LogP contribution is 2.31. The van der Waals surface area contributed by atoms with Gasteiger partial charge in [0.25, 0.3) is 0 Å². The summed E-state index contributed by atoms with van der Waals surface area (Å²) in [5, 5.41) is 13.7. The van der Waals surface area contributed by atoms with Crippen LogP contribution in [0, 0.1) is 18.8 Å². The molecule has 2 aromatic rings. The molecule has 2 aromatic carbocycles. The first-order valence-electron chi connectivity index (χ1n) is 10.3. The lowest BCUT2D eigenvalue weighted by Gasteiger charge is -2.43. The van der Waals surface area contributed by atoms with E-state index in [2.05, 4.69) is 26.6 Å². The molecule has 11 heteroatoms. The Morgan fingerprint density at radius 2 is 1.76 bits per heavy atom. The maximum absolute atomic E-state index is 13.0. The number of aryl methyl sites for hydroxylation is 1. The van der Waals surface area contributed by atoms with Crippen molar-refractivity contribution in [2.75, 3.05) is 10.6 Å². The lowest BCUT2D eigenvalue weighted by Crippen LogP contribution is -2.72. The predicted octanol–water partition coefficient (Wildman–Crippen LogP) is 2.15. The molecule has 0 aliphatic carbocycles. The molecule has 2 fully saturated rings. The van der Waals surface area contributed by atoms with Gasteiger partial charge >= 0.3 is 6.18 Å². The second-order valence-corrected chi connectivity index (χ2v) is 8.07. The van der Waals surface area contributed by atoms with E-state index in [-0.39, 0.29) is 12.1 Å². The third kappa shape index (κ3) is 5.08. The van der Waals surface area contributed by atoms with Gasteiger partial charge in [-0.1, -0.05) is 23.8 Å². The van der Waals surface area contributed by atoms with Gasteiger partial charge in [-0.05, 0) is 37.3 Å². The number of rotatable bonds is 4. The van der Waals surface area contributed by atoms with E-state index in [0.717, 1.165) is 17.7 Å². The zero-order chi connectivity index (χ0) is 23.8. The first-order chi connectivity index (χ1) is 15.6. The van der Waals surface area contributed by atoms with Gasteiger partial charge in [0, 0.05) is 17.8 Å². The first-order valence-corrected chi connectivity index (χ1v) is 10.3. The van der Waals surface area contributed by atoms with Crippen LogP contribution in [0.4, 0.5) is 24.5 Å². The summed E-state index contributed by atoms with van der Waals surface area (Å²) in [4.78, 5) is 38.0. The van der Waals surface area contributed by atoms with Gasteiger partial charge in [0.15, 0.2) is 6.29 Å². The molecule has 2 aliphatic heterocycles. The van der Waals surface area contributed by atoms with Crippen LogP contribution in [0.2, 0.25) is 0 Å². The highest BCUT2D eigenvalue weighted by Gasteiger charge is 2.48. The SMILES string of the molecule is Cc1ccc(NC(=O)C2CC(=O)NC3NC(Nc4cccc(C(F)(F)F)c4)NC(=O)C32)cc1. The standard InChI is InChI=1S/C22H22F3N5O3/c1-11-5-7-13(8-6-11)26-19(32)15-10-16(31)28-18-17(15)20(33)30-21(29-18)27-14-4-2-3-12(9-14)22(23,24)25/h2-9,15,17-18,21,27,29H,10H2,1H3,(H,26,32)(H,28,31)(H,30,33). The number of carbonyl (C=O) groups excluding carboxylic acids is 3. The molecule has 174 valence electrons. The van der Waals surface area contributed by atoms with Crippen LogP contribution < -0.4 is 26.6 Å². The van der Waals surface area contributed by atoms with Crippen LogP contribution >= 0.6 is 0 Å². The van der Waals surface area contributed by atoms with Crippen molar-refractivity contribution >= 4 is 29.1 Å². The molecule has 2 aliphatic rings. The number of alkyl halides is 3. The van der Waals surface area contributed by atoms with Crippen molar-refractivity contribution in [2.45, 2.75) is 32.0 Å². The Labute approximate surface area is 187 Å². The lowest BCUT2D eigenvalue weighted by molar-refractivity contribution is -0.144. The Bertz CT molecular complexity index is 1070. The third-order valence-electron chi connectivity index (χ3n) is 5.61. The third-order valence-corrected chi connectivity index (χ3v) is 5.61. The second-order valence-electron chi connectivity index (χ2n) is 8.07. The van der Waals surface area contributed by atoms with E-state index < -0.39 is 53.8 Å². The van der Waals surface area contributed by atoms with Crippen LogP contribution in [0.1, 0.15) is 17.5 Å². The molecule has 2 heterocycles. The van der Waals surface area contributed by atoms with E-state index in [0.29, 0.717) is 5.69 Å². The maximum atomic E-state index is 13.0. The molecule has 0 aromatic heterocycles. The van der Waals surface area contributed by atoms with Crippen molar-refractivity contribution < 1.29 is 27.6 Å². The second kappa shape index (κ2) is 8.74. The minimum absolute atomic E-state index is 0.122. The maximum Gasteiger partial charge on any atom is 0.416 e. The Morgan fingerprint density at radius 1 is 1.03 bits per heavy atom. The Balaban J connectivity index is 1.47. The summed E-state index contributed by atoms with van der Waals surface area (Å²) < 4.78 is 38.9. The first kappa shape index (κ1) is 22.6. The van der Waals surface area contributed by atoms with Crippen LogP contribution in [-0.2, 0) is 20.6 Å². The van der Waals surface area contributed by atoms with Crippen LogP contribution in [-0.4, -0.2) is 30.2 Å². The Morgan fingerprint density at radius 3 is 2.45 bits per heavy atom. The Kier molecular flexibility index (Phi) is 5.98. The normalized spacial score (nSPS) is 24.8. The summed E-state index contributed by atoms with van der Waals surface area (Å²) in [5.74, 6) is -3.21. The van der Waals surface area contributed by atoms with Gasteiger partial charge in [-0.2, -0.15) is 13.2 Å². The number of fused-ring (bicyclic) bond motifs is 1. The van der Waals surface area contributed by atoms with E-state index in [1.807, 2.05) is 19.1 Å². The van der Waals surface area contributed by atoms with E-state index in [9.17, 15) is 27.6 Å². The van der Waals surface area contributed by atoms with Crippen molar-refractivity contribution in [3.05, 3.63) is 59.7 Å². The molecule has 4 atom stereocenters. The van der Waals surface area contributed by atoms with Crippen molar-refractivity contribution in [1.82, 2.24) is 16.0 Å². The molecule has 2 saturated heterocycles. The zero-order valence-corrected chi connectivity index (χ0v) is 17.5. The highest BCUT2D eigenvalue weighted by atomic mass is 19.4. The molecule has 33 heavy (non-hydrogen) atoms. The molecule has 3 amide bonds. The van der Waals surface area contributed by atoms with Gasteiger partial charge in [0.1, 0.15) is 0 Å². The largest absolute Gasteiger partial charge is 0.416 e. The van der Waals surface area contributed by atoms with E-state index in [1.54, 1.807) is 12.1 Å². The quantitative estimate of drug-likeness (QED) is 0.479. The molecule has 5 N–H and O–H groups in total. The van der Waals surface area contributed by atoms with Gasteiger partial charge < -0.3 is 21.3 Å². The number of nitrogens with one attached hydrogen (secondary N) is 5. The average Bonchev–Trinajstić information content (AvgIpc) is 2.74. The minimum atomic E-state index is -4.51. The summed E-state index contributed by atoms with van der Waals surface area (Å²) in [6.45, 7) is 1.91. The van der Waals surface area contributed by atoms with Gasteiger partial charge in [0.2, 0.25) is 17.7 Å². The van der Waals surface area contributed by atoms with Crippen LogP contribution in [0.3, 0.4) is 0 Å². The number of halogens is 3. The number of anilines is 2. The summed E-state index contributed by atoms with van der Waals surface area (Å²) in [7, 11) is 0. The molecule has 4 rings (SSSR count). The molecule has 4 unspecified atom stereocenters. The summed E-state index contributed by atoms with van der Waals surface area (Å²) >= 11 is 0. The number of piperidine rings is 1. The zero-order valence-electron chi connectivity index (χ0n) is 17.5. The van der Waals surface area contributed by atoms with E-state index >= 15 is 0 Å². The fourth-order valence-electron chi connectivity index (χ4n) is 3.98. The fourth-order valence-corrected chi connectivity index (χ4v) is 3.98. The fraction of sp³-hybridized carbons (Fsp3) is 0.318. The minimum Gasteiger partial charge on any atom is -0.353 e. The van der Waals surface area contributed by atoms with E-state index in [1.165, 1.54) is 12.1 Å². The summed E-state index contributed by atoms with van der Waals surface area (Å²) in [6, 6.07) is 11.6. The predicted molar refractivity (Wildman–Crippen MR) is 113 cm³/mol. The van der Waals surface area contributed by atoms with Gasteiger partial charge in [0.05, 0.1) is 23.6 Å². The molecular formula is C22H22F3N5O3. The number of benzene rings is 2. The van der Waals surface area contributed by atoms with Gasteiger partial charge in [-0.15, -0.1) is 0 Å². The molecule has 0 bridgehead atoms. The highest BCUT2D eigenvalue weighted by molar-refractivity contribution is 6.00. The average molecular weight is 461 g/mol. The van der Waals surface area contributed by atoms with Crippen LogP contribution in [0.15, 0.2) is 48.5 Å². The van der Waals surface area contributed by atoms with Crippen LogP contribution in [0.5, 0.6) is 0 Å². The smallest absolute Gasteiger partial charge is 0.353 e. The van der Waals surface area contributed by atoms with Gasteiger partial charge in [-0.3, -0.25) is 19.7 Å². The molecular weight excluding hydrogens is 439 g/mol. The topological polar surface area (TPSA) is 111 Å². The van der Waals surface area contributed by atoms with Crippen LogP contribution in [0.25, 0.3) is 0 Å². The molecule has 0 spiro atoms. The monoisotopic (exact) mass is 461 g/mol. The number of hydrogen-bond acceptors (Lipinski definition) is 5. The van der Waals surface area contributed by atoms with Crippen molar-refractivity contribution in [3.8, 4) is 0 Å². The van der Waals surface area contributed by atoms with Gasteiger partial charge in [-0.25, -0.2) is 0 Å². The summed E-state index contributed by atoms with van der Waals surface area (Å²) in [6.07, 6.45) is -6.51. The summed E-state index contributed by atoms with van der Waals surface area (Å²) in [5.41, 5.74) is 0.838. The number of amides is 3. The van der Waals surface area contributed by atoms with Crippen molar-refractivity contribution in [1.29, 1.82) is 0 Å².